The molecule has 1 heterocycles. The second-order valence-corrected chi connectivity index (χ2v) is 4.65. The van der Waals surface area contributed by atoms with E-state index in [9.17, 15) is 8.42 Å². The maximum Gasteiger partial charge on any atom is 0.322 e. The Hall–Kier alpha value is -1.73. The number of hydrogen-bond acceptors (Lipinski definition) is 4. The average molecular weight is 238 g/mol. The molecule has 84 valence electrons. The Kier molecular flexibility index (Phi) is 2.71. The molecule has 16 heavy (non-hydrogen) atoms. The van der Waals surface area contributed by atoms with Gasteiger partial charge < -0.3 is 0 Å². The van der Waals surface area contributed by atoms with Gasteiger partial charge in [0.1, 0.15) is 11.0 Å². The first-order chi connectivity index (χ1) is 7.65. The minimum atomic E-state index is -3.68. The van der Waals surface area contributed by atoms with Crippen molar-refractivity contribution >= 4 is 21.2 Å². The van der Waals surface area contributed by atoms with Gasteiger partial charge in [0.05, 0.1) is 0 Å². The van der Waals surface area contributed by atoms with E-state index in [1.54, 1.807) is 24.3 Å². The van der Waals surface area contributed by atoms with Gasteiger partial charge in [-0.3, -0.25) is 0 Å². The zero-order valence-electron chi connectivity index (χ0n) is 8.37. The van der Waals surface area contributed by atoms with Crippen LogP contribution in [0, 0.1) is 0 Å². The number of benzene rings is 1. The fourth-order valence-electron chi connectivity index (χ4n) is 1.25. The van der Waals surface area contributed by atoms with Crippen LogP contribution in [-0.4, -0.2) is 29.4 Å². The summed E-state index contributed by atoms with van der Waals surface area (Å²) in [5.74, 6) is 0. The lowest BCUT2D eigenvalue weighted by atomic mass is 10.3. The zero-order chi connectivity index (χ0) is 11.6. The van der Waals surface area contributed by atoms with Gasteiger partial charge >= 0.3 is 10.2 Å². The molecule has 0 unspecified atom stereocenters. The molecule has 6 nitrogen and oxygen atoms in total. The average Bonchev–Trinajstić information content (AvgIpc) is 2.71. The molecule has 0 aliphatic carbocycles. The van der Waals surface area contributed by atoms with E-state index in [0.29, 0.717) is 11.0 Å². The van der Waals surface area contributed by atoms with E-state index < -0.39 is 10.2 Å². The Balaban J connectivity index is 2.51. The van der Waals surface area contributed by atoms with Crippen LogP contribution in [0.5, 0.6) is 0 Å². The fourth-order valence-corrected chi connectivity index (χ4v) is 2.25. The number of nitrogens with one attached hydrogen (secondary N) is 1. The van der Waals surface area contributed by atoms with E-state index >= 15 is 0 Å². The molecule has 0 aliphatic heterocycles. The molecule has 7 heteroatoms. The lowest BCUT2D eigenvalue weighted by Gasteiger charge is -2.03. The van der Waals surface area contributed by atoms with Crippen LogP contribution in [0.3, 0.4) is 0 Å². The molecule has 0 fully saturated rings. The summed E-state index contributed by atoms with van der Waals surface area (Å²) in [5, 5.41) is 7.36. The molecule has 2 aromatic rings. The lowest BCUT2D eigenvalue weighted by Crippen LogP contribution is -2.30. The van der Waals surface area contributed by atoms with Gasteiger partial charge in [-0.2, -0.15) is 13.1 Å². The van der Waals surface area contributed by atoms with Gasteiger partial charge in [-0.05, 0) is 17.3 Å². The van der Waals surface area contributed by atoms with E-state index in [4.69, 9.17) is 0 Å². The molecule has 0 spiro atoms. The molecular formula is C9H10N4O2S. The van der Waals surface area contributed by atoms with E-state index in [1.165, 1.54) is 6.08 Å². The fraction of sp³-hybridized carbons (Fsp3) is 0.111. The highest BCUT2D eigenvalue weighted by Gasteiger charge is 2.16. The number of fused-ring (bicyclic) bond motifs is 1. The van der Waals surface area contributed by atoms with Crippen molar-refractivity contribution in [1.82, 2.24) is 19.1 Å². The molecule has 1 N–H and O–H groups in total. The summed E-state index contributed by atoms with van der Waals surface area (Å²) in [7, 11) is -3.68. The molecule has 1 aromatic carbocycles. The quantitative estimate of drug-likeness (QED) is 0.777. The first-order valence-corrected chi connectivity index (χ1v) is 6.00. The van der Waals surface area contributed by atoms with Crippen LogP contribution in [0.4, 0.5) is 0 Å². The van der Waals surface area contributed by atoms with Crippen molar-refractivity contribution in [1.29, 1.82) is 0 Å². The third kappa shape index (κ3) is 1.82. The highest BCUT2D eigenvalue weighted by atomic mass is 32.2. The molecule has 0 aliphatic rings. The van der Waals surface area contributed by atoms with E-state index in [-0.39, 0.29) is 6.54 Å². The molecule has 0 bridgehead atoms. The molecule has 1 aromatic heterocycles. The molecule has 2 rings (SSSR count). The minimum Gasteiger partial charge on any atom is -0.192 e. The first kappa shape index (κ1) is 10.8. The minimum absolute atomic E-state index is 0.149. The van der Waals surface area contributed by atoms with Crippen LogP contribution >= 0.6 is 0 Å². The molecule has 0 radical (unpaired) electrons. The van der Waals surface area contributed by atoms with Gasteiger partial charge in [0.2, 0.25) is 0 Å². The number of nitrogens with zero attached hydrogens (tertiary/aromatic N) is 3. The summed E-state index contributed by atoms with van der Waals surface area (Å²) < 4.78 is 26.7. The topological polar surface area (TPSA) is 76.9 Å². The predicted molar refractivity (Wildman–Crippen MR) is 60.0 cm³/mol. The highest BCUT2D eigenvalue weighted by Crippen LogP contribution is 2.10. The van der Waals surface area contributed by atoms with Crippen molar-refractivity contribution in [2.45, 2.75) is 0 Å². The zero-order valence-corrected chi connectivity index (χ0v) is 9.18. The second kappa shape index (κ2) is 4.03. The predicted octanol–water partition coefficient (Wildman–Crippen LogP) is 0.300. The van der Waals surface area contributed by atoms with Crippen LogP contribution in [0.2, 0.25) is 0 Å². The Bertz CT molecular complexity index is 617. The number of hydrogen-bond donors (Lipinski definition) is 1. The lowest BCUT2D eigenvalue weighted by molar-refractivity contribution is 0.568. The van der Waals surface area contributed by atoms with Crippen LogP contribution < -0.4 is 4.72 Å². The summed E-state index contributed by atoms with van der Waals surface area (Å²) in [6, 6.07) is 6.83. The van der Waals surface area contributed by atoms with Crippen LogP contribution in [-0.2, 0) is 10.2 Å². The van der Waals surface area contributed by atoms with E-state index in [2.05, 4.69) is 21.6 Å². The van der Waals surface area contributed by atoms with Crippen molar-refractivity contribution in [2.75, 3.05) is 6.54 Å². The van der Waals surface area contributed by atoms with Crippen LogP contribution in [0.25, 0.3) is 11.0 Å². The maximum atomic E-state index is 11.8. The number of aromatic nitrogens is 3. The van der Waals surface area contributed by atoms with Gasteiger partial charge in [-0.25, -0.2) is 0 Å². The largest absolute Gasteiger partial charge is 0.322 e. The molecular weight excluding hydrogens is 228 g/mol. The molecule has 0 atom stereocenters. The first-order valence-electron chi connectivity index (χ1n) is 4.56. The summed E-state index contributed by atoms with van der Waals surface area (Å²) in [6.45, 7) is 3.58. The summed E-state index contributed by atoms with van der Waals surface area (Å²) in [6.07, 6.45) is 1.46. The second-order valence-electron chi connectivity index (χ2n) is 3.06. The Morgan fingerprint density at radius 3 is 2.94 bits per heavy atom. The van der Waals surface area contributed by atoms with Crippen molar-refractivity contribution in [2.24, 2.45) is 0 Å². The van der Waals surface area contributed by atoms with Crippen molar-refractivity contribution in [3.63, 3.8) is 0 Å². The van der Waals surface area contributed by atoms with E-state index in [1.807, 2.05) is 0 Å². The monoisotopic (exact) mass is 238 g/mol. The summed E-state index contributed by atoms with van der Waals surface area (Å²) in [4.78, 5) is 0. The smallest absolute Gasteiger partial charge is 0.192 e. The third-order valence-corrected chi connectivity index (χ3v) is 3.22. The Labute approximate surface area is 92.8 Å². The number of rotatable bonds is 4. The van der Waals surface area contributed by atoms with Gasteiger partial charge in [-0.1, -0.05) is 18.2 Å². The molecule has 0 amide bonds. The Morgan fingerprint density at radius 1 is 1.44 bits per heavy atom. The maximum absolute atomic E-state index is 11.8. The summed E-state index contributed by atoms with van der Waals surface area (Å²) >= 11 is 0. The van der Waals surface area contributed by atoms with Crippen molar-refractivity contribution < 1.29 is 8.42 Å². The van der Waals surface area contributed by atoms with Crippen LogP contribution in [0.15, 0.2) is 36.9 Å². The SMILES string of the molecule is C=CCNS(=O)(=O)n1nnc2ccccc21. The molecule has 0 saturated carbocycles. The highest BCUT2D eigenvalue weighted by molar-refractivity contribution is 7.88. The summed E-state index contributed by atoms with van der Waals surface area (Å²) in [5.41, 5.74) is 0.977. The van der Waals surface area contributed by atoms with Crippen molar-refractivity contribution in [3.05, 3.63) is 36.9 Å². The van der Waals surface area contributed by atoms with Crippen molar-refractivity contribution in [3.8, 4) is 0 Å². The van der Waals surface area contributed by atoms with Crippen LogP contribution in [0.1, 0.15) is 0 Å². The van der Waals surface area contributed by atoms with Gasteiger partial charge in [0.15, 0.2) is 0 Å². The van der Waals surface area contributed by atoms with Gasteiger partial charge in [-0.15, -0.1) is 15.8 Å². The normalized spacial score (nSPS) is 11.8. The Morgan fingerprint density at radius 2 is 2.19 bits per heavy atom. The molecule has 0 saturated heterocycles. The van der Waals surface area contributed by atoms with E-state index in [0.717, 1.165) is 4.09 Å². The van der Waals surface area contributed by atoms with Gasteiger partial charge in [0.25, 0.3) is 0 Å². The van der Waals surface area contributed by atoms with Gasteiger partial charge in [0, 0.05) is 6.54 Å². The standard InChI is InChI=1S/C9H10N4O2S/c1-2-7-10-16(14,15)13-9-6-4-3-5-8(9)11-12-13/h2-6,10H,1,7H2. The third-order valence-electron chi connectivity index (χ3n) is 1.96. The number of para-hydroxylation sites is 1.